The molecule has 2 heterocycles. The molecule has 2 aromatic heterocycles. The molecule has 0 amide bonds. The Kier molecular flexibility index (Phi) is 1.85. The average molecular weight is 216 g/mol. The first kappa shape index (κ1) is 9.75. The lowest BCUT2D eigenvalue weighted by atomic mass is 10.4. The lowest BCUT2D eigenvalue weighted by Gasteiger charge is -2.00. The minimum Gasteiger partial charge on any atom is -0.384 e. The number of nitrogens with two attached hydrogens (primary N) is 1. The predicted octanol–water partition coefficient (Wildman–Crippen LogP) is 1.64. The van der Waals surface area contributed by atoms with Crippen molar-refractivity contribution in [2.45, 2.75) is 13.1 Å². The zero-order chi connectivity index (χ0) is 11.2. The average Bonchev–Trinajstić information content (AvgIpc) is 2.46. The fourth-order valence-corrected chi connectivity index (χ4v) is 1.29. The summed E-state index contributed by atoms with van der Waals surface area (Å²) in [7, 11) is 0. The van der Waals surface area contributed by atoms with E-state index >= 15 is 0 Å². The highest BCUT2D eigenvalue weighted by atomic mass is 19.4. The molecule has 0 aliphatic heterocycles. The summed E-state index contributed by atoms with van der Waals surface area (Å²) < 4.78 is 38.1. The summed E-state index contributed by atoms with van der Waals surface area (Å²) in [5.74, 6) is 0.175. The molecule has 0 bridgehead atoms. The Labute approximate surface area is 82.5 Å². The van der Waals surface area contributed by atoms with Crippen LogP contribution in [0.25, 0.3) is 5.65 Å². The topological polar surface area (TPSA) is 56.2 Å². The summed E-state index contributed by atoms with van der Waals surface area (Å²) in [5.41, 5.74) is 5.05. The van der Waals surface area contributed by atoms with Crippen LogP contribution in [-0.4, -0.2) is 14.6 Å². The minimum absolute atomic E-state index is 0.0971. The second kappa shape index (κ2) is 2.85. The van der Waals surface area contributed by atoms with Gasteiger partial charge in [0.25, 0.3) is 0 Å². The smallest absolute Gasteiger partial charge is 0.384 e. The molecule has 0 aliphatic rings. The standard InChI is InChI=1S/C8H7F3N4/c1-4-2-6(12)13-7-3-5(8(9,10)11)14-15(4)7/h2-3H,1H3,(H2,12,13). The van der Waals surface area contributed by atoms with Crippen molar-refractivity contribution in [2.24, 2.45) is 0 Å². The van der Waals surface area contributed by atoms with Crippen molar-refractivity contribution in [3.63, 3.8) is 0 Å². The summed E-state index contributed by atoms with van der Waals surface area (Å²) in [6.45, 7) is 1.61. The van der Waals surface area contributed by atoms with Gasteiger partial charge in [0.2, 0.25) is 0 Å². The van der Waals surface area contributed by atoms with Gasteiger partial charge in [-0.05, 0) is 6.92 Å². The van der Waals surface area contributed by atoms with Crippen molar-refractivity contribution in [1.82, 2.24) is 14.6 Å². The molecule has 0 saturated carbocycles. The van der Waals surface area contributed by atoms with Crippen molar-refractivity contribution in [3.05, 3.63) is 23.5 Å². The van der Waals surface area contributed by atoms with E-state index in [9.17, 15) is 13.2 Å². The van der Waals surface area contributed by atoms with E-state index in [1.54, 1.807) is 6.92 Å². The van der Waals surface area contributed by atoms with E-state index in [0.29, 0.717) is 5.69 Å². The predicted molar refractivity (Wildman–Crippen MR) is 47.1 cm³/mol. The zero-order valence-corrected chi connectivity index (χ0v) is 7.71. The van der Waals surface area contributed by atoms with Crippen molar-refractivity contribution in [2.75, 3.05) is 5.73 Å². The van der Waals surface area contributed by atoms with E-state index in [-0.39, 0.29) is 11.5 Å². The van der Waals surface area contributed by atoms with Crippen molar-refractivity contribution in [3.8, 4) is 0 Å². The van der Waals surface area contributed by atoms with Crippen LogP contribution in [0.2, 0.25) is 0 Å². The molecular weight excluding hydrogens is 209 g/mol. The maximum Gasteiger partial charge on any atom is 0.435 e. The number of halogens is 3. The number of alkyl halides is 3. The first-order valence-corrected chi connectivity index (χ1v) is 4.08. The van der Waals surface area contributed by atoms with Crippen LogP contribution in [0.1, 0.15) is 11.4 Å². The van der Waals surface area contributed by atoms with Gasteiger partial charge < -0.3 is 5.73 Å². The largest absolute Gasteiger partial charge is 0.435 e. The third-order valence-electron chi connectivity index (χ3n) is 1.92. The number of nitrogens with zero attached hydrogens (tertiary/aromatic N) is 3. The van der Waals surface area contributed by atoms with E-state index in [1.807, 2.05) is 0 Å². The Morgan fingerprint density at radius 2 is 2.00 bits per heavy atom. The lowest BCUT2D eigenvalue weighted by Crippen LogP contribution is -2.06. The molecule has 7 heteroatoms. The number of rotatable bonds is 0. The number of hydrogen-bond acceptors (Lipinski definition) is 3. The van der Waals surface area contributed by atoms with Gasteiger partial charge >= 0.3 is 6.18 Å². The lowest BCUT2D eigenvalue weighted by molar-refractivity contribution is -0.141. The van der Waals surface area contributed by atoms with Crippen LogP contribution in [-0.2, 0) is 6.18 Å². The highest BCUT2D eigenvalue weighted by molar-refractivity contribution is 5.47. The first-order chi connectivity index (χ1) is 6.88. The Balaban J connectivity index is 2.71. The summed E-state index contributed by atoms with van der Waals surface area (Å²) in [6, 6.07) is 2.32. The van der Waals surface area contributed by atoms with Crippen molar-refractivity contribution < 1.29 is 13.2 Å². The maximum absolute atomic E-state index is 12.3. The number of fused-ring (bicyclic) bond motifs is 1. The molecule has 0 aromatic carbocycles. The number of aromatic nitrogens is 3. The number of nitrogen functional groups attached to an aromatic ring is 1. The van der Waals surface area contributed by atoms with Crippen LogP contribution in [0.3, 0.4) is 0 Å². The molecule has 2 N–H and O–H groups in total. The van der Waals surface area contributed by atoms with Crippen LogP contribution in [0.5, 0.6) is 0 Å². The van der Waals surface area contributed by atoms with Gasteiger partial charge in [0.1, 0.15) is 5.82 Å². The molecule has 0 radical (unpaired) electrons. The molecule has 2 aromatic rings. The molecule has 2 rings (SSSR count). The van der Waals surface area contributed by atoms with Gasteiger partial charge in [0, 0.05) is 17.8 Å². The van der Waals surface area contributed by atoms with E-state index in [0.717, 1.165) is 10.6 Å². The van der Waals surface area contributed by atoms with Gasteiger partial charge in [-0.25, -0.2) is 9.50 Å². The fourth-order valence-electron chi connectivity index (χ4n) is 1.29. The fraction of sp³-hybridized carbons (Fsp3) is 0.250. The van der Waals surface area contributed by atoms with Gasteiger partial charge in [0.15, 0.2) is 11.3 Å². The number of aryl methyl sites for hydroxylation is 1. The molecular formula is C8H7F3N4. The Morgan fingerprint density at radius 1 is 1.33 bits per heavy atom. The molecule has 0 fully saturated rings. The van der Waals surface area contributed by atoms with Gasteiger partial charge in [-0.3, -0.25) is 0 Å². The molecule has 0 aliphatic carbocycles. The molecule has 0 unspecified atom stereocenters. The SMILES string of the molecule is Cc1cc(N)nc2cc(C(F)(F)F)nn12. The van der Waals surface area contributed by atoms with Gasteiger partial charge in [-0.1, -0.05) is 0 Å². The monoisotopic (exact) mass is 216 g/mol. The molecule has 80 valence electrons. The highest BCUT2D eigenvalue weighted by Gasteiger charge is 2.34. The first-order valence-electron chi connectivity index (χ1n) is 4.08. The summed E-state index contributed by atoms with van der Waals surface area (Å²) >= 11 is 0. The van der Waals surface area contributed by atoms with Gasteiger partial charge in [-0.2, -0.15) is 18.3 Å². The molecule has 15 heavy (non-hydrogen) atoms. The van der Waals surface area contributed by atoms with Gasteiger partial charge in [-0.15, -0.1) is 0 Å². The Morgan fingerprint density at radius 3 is 2.60 bits per heavy atom. The third-order valence-corrected chi connectivity index (χ3v) is 1.92. The van der Waals surface area contributed by atoms with E-state index in [2.05, 4.69) is 10.1 Å². The minimum atomic E-state index is -4.46. The maximum atomic E-state index is 12.3. The number of anilines is 1. The second-order valence-electron chi connectivity index (χ2n) is 3.12. The van der Waals surface area contributed by atoms with Crippen LogP contribution in [0.4, 0.5) is 19.0 Å². The Hall–Kier alpha value is -1.79. The van der Waals surface area contributed by atoms with E-state index in [4.69, 9.17) is 5.73 Å². The zero-order valence-electron chi connectivity index (χ0n) is 7.71. The molecule has 0 saturated heterocycles. The normalized spacial score (nSPS) is 12.3. The third kappa shape index (κ3) is 1.60. The summed E-state index contributed by atoms with van der Waals surface area (Å²) in [4.78, 5) is 3.75. The summed E-state index contributed by atoms with van der Waals surface area (Å²) in [6.07, 6.45) is -4.46. The molecule has 0 atom stereocenters. The highest BCUT2D eigenvalue weighted by Crippen LogP contribution is 2.28. The van der Waals surface area contributed by atoms with Crippen LogP contribution >= 0.6 is 0 Å². The second-order valence-corrected chi connectivity index (χ2v) is 3.12. The summed E-state index contributed by atoms with van der Waals surface area (Å²) in [5, 5.41) is 3.40. The van der Waals surface area contributed by atoms with Crippen molar-refractivity contribution >= 4 is 11.5 Å². The van der Waals surface area contributed by atoms with Crippen LogP contribution in [0, 0.1) is 6.92 Å². The number of hydrogen-bond donors (Lipinski definition) is 1. The molecule has 4 nitrogen and oxygen atoms in total. The van der Waals surface area contributed by atoms with Crippen LogP contribution < -0.4 is 5.73 Å². The van der Waals surface area contributed by atoms with Crippen LogP contribution in [0.15, 0.2) is 12.1 Å². The Bertz CT molecular complexity index is 514. The molecule has 0 spiro atoms. The van der Waals surface area contributed by atoms with E-state index < -0.39 is 11.9 Å². The van der Waals surface area contributed by atoms with E-state index in [1.165, 1.54) is 6.07 Å². The van der Waals surface area contributed by atoms with Crippen molar-refractivity contribution in [1.29, 1.82) is 0 Å². The quantitative estimate of drug-likeness (QED) is 0.728. The van der Waals surface area contributed by atoms with Gasteiger partial charge in [0.05, 0.1) is 0 Å².